The van der Waals surface area contributed by atoms with Gasteiger partial charge in [-0.15, -0.1) is 0 Å². The molecular formula is C10H12F3N3O2S. The maximum absolute atomic E-state index is 11.9. The van der Waals surface area contributed by atoms with Gasteiger partial charge in [-0.05, 0) is 19.1 Å². The Labute approximate surface area is 110 Å². The molecule has 0 fully saturated rings. The lowest BCUT2D eigenvalue weighted by molar-refractivity contribution is -0.0383. The van der Waals surface area contributed by atoms with Gasteiger partial charge in [-0.2, -0.15) is 13.2 Å². The van der Waals surface area contributed by atoms with Crippen LogP contribution in [0.1, 0.15) is 5.69 Å². The summed E-state index contributed by atoms with van der Waals surface area (Å²) in [5, 5.41) is 4.52. The number of carbonyl (C=O) groups is 1. The molecule has 0 aliphatic heterocycles. The summed E-state index contributed by atoms with van der Waals surface area (Å²) in [7, 11) is -2.96. The predicted molar refractivity (Wildman–Crippen MR) is 65.1 cm³/mol. The van der Waals surface area contributed by atoms with E-state index in [-0.39, 0.29) is 12.4 Å². The van der Waals surface area contributed by atoms with Gasteiger partial charge in [-0.1, -0.05) is 6.07 Å². The molecule has 106 valence electrons. The van der Waals surface area contributed by atoms with E-state index in [1.807, 2.05) is 0 Å². The van der Waals surface area contributed by atoms with Crippen molar-refractivity contribution in [3.63, 3.8) is 0 Å². The van der Waals surface area contributed by atoms with E-state index in [4.69, 9.17) is 0 Å². The van der Waals surface area contributed by atoms with Gasteiger partial charge >= 0.3 is 11.5 Å². The first-order chi connectivity index (χ1) is 8.79. The maximum Gasteiger partial charge on any atom is 0.471 e. The smallest absolute Gasteiger partial charge is 0.337 e. The lowest BCUT2D eigenvalue weighted by atomic mass is 10.4. The molecule has 9 heteroatoms. The number of urea groups is 1. The molecule has 1 aromatic rings. The van der Waals surface area contributed by atoms with Gasteiger partial charge in [0.25, 0.3) is 0 Å². The summed E-state index contributed by atoms with van der Waals surface area (Å²) >= 11 is 0. The van der Waals surface area contributed by atoms with E-state index in [0.717, 1.165) is 0 Å². The topological polar surface area (TPSA) is 71.1 Å². The van der Waals surface area contributed by atoms with Crippen molar-refractivity contribution in [1.82, 2.24) is 10.3 Å². The highest BCUT2D eigenvalue weighted by Crippen LogP contribution is 2.19. The minimum atomic E-state index is -4.75. The average molecular weight is 295 g/mol. The van der Waals surface area contributed by atoms with E-state index in [9.17, 15) is 22.2 Å². The fraction of sp³-hybridized carbons (Fsp3) is 0.400. The number of nitrogens with one attached hydrogen (secondary N) is 2. The molecule has 0 aromatic carbocycles. The second-order valence-electron chi connectivity index (χ2n) is 3.54. The Bertz CT molecular complexity index is 479. The van der Waals surface area contributed by atoms with Gasteiger partial charge in [-0.3, -0.25) is 9.53 Å². The molecule has 0 unspecified atom stereocenters. The van der Waals surface area contributed by atoms with Crippen molar-refractivity contribution in [2.45, 2.75) is 12.4 Å². The zero-order valence-corrected chi connectivity index (χ0v) is 10.8. The lowest BCUT2D eigenvalue weighted by Gasteiger charge is -2.08. The molecule has 2 N–H and O–H groups in total. The van der Waals surface area contributed by atoms with Crippen molar-refractivity contribution in [1.29, 1.82) is 0 Å². The van der Waals surface area contributed by atoms with Crippen molar-refractivity contribution in [3.05, 3.63) is 23.9 Å². The Morgan fingerprint density at radius 1 is 1.42 bits per heavy atom. The highest BCUT2D eigenvalue weighted by atomic mass is 32.2. The number of hydrogen-bond donors (Lipinski definition) is 2. The SMILES string of the molecule is Cc1cccc(NC(=O)NCC[S@@](=O)C(F)(F)F)n1. The van der Waals surface area contributed by atoms with Gasteiger partial charge in [-0.25, -0.2) is 9.78 Å². The standard InChI is InChI=1S/C10H12F3N3O2S/c1-7-3-2-4-8(15-7)16-9(17)14-5-6-19(18)10(11,12)13/h2-4H,5-6H2,1H3,(H2,14,15,16,17)/t19-/m1/s1. The van der Waals surface area contributed by atoms with E-state index in [1.54, 1.807) is 25.1 Å². The van der Waals surface area contributed by atoms with E-state index in [0.29, 0.717) is 5.69 Å². The number of halogens is 3. The summed E-state index contributed by atoms with van der Waals surface area (Å²) in [6.45, 7) is 1.39. The number of aromatic nitrogens is 1. The molecule has 1 rings (SSSR count). The summed E-state index contributed by atoms with van der Waals surface area (Å²) in [6, 6.07) is 4.25. The normalized spacial score (nSPS) is 12.8. The molecule has 1 heterocycles. The Hall–Kier alpha value is -1.64. The van der Waals surface area contributed by atoms with Gasteiger partial charge in [0, 0.05) is 18.0 Å². The number of carbonyl (C=O) groups excluding carboxylic acids is 1. The van der Waals surface area contributed by atoms with Crippen LogP contribution >= 0.6 is 0 Å². The van der Waals surface area contributed by atoms with Crippen LogP contribution in [-0.4, -0.2) is 33.0 Å². The third kappa shape index (κ3) is 5.69. The number of alkyl halides is 3. The van der Waals surface area contributed by atoms with Crippen molar-refractivity contribution in [3.8, 4) is 0 Å². The number of anilines is 1. The summed E-state index contributed by atoms with van der Waals surface area (Å²) in [4.78, 5) is 15.3. The summed E-state index contributed by atoms with van der Waals surface area (Å²) < 4.78 is 46.4. The summed E-state index contributed by atoms with van der Waals surface area (Å²) in [5.74, 6) is -0.396. The second kappa shape index (κ2) is 6.50. The van der Waals surface area contributed by atoms with Crippen molar-refractivity contribution in [2.24, 2.45) is 0 Å². The largest absolute Gasteiger partial charge is 0.471 e. The van der Waals surface area contributed by atoms with Crippen molar-refractivity contribution < 1.29 is 22.2 Å². The molecule has 0 aliphatic rings. The second-order valence-corrected chi connectivity index (χ2v) is 5.10. The number of hydrogen-bond acceptors (Lipinski definition) is 3. The number of pyridine rings is 1. The molecule has 5 nitrogen and oxygen atoms in total. The van der Waals surface area contributed by atoms with Crippen LogP contribution in [0.25, 0.3) is 0 Å². The molecule has 0 radical (unpaired) electrons. The predicted octanol–water partition coefficient (Wildman–Crippen LogP) is 1.78. The Kier molecular flexibility index (Phi) is 5.28. The fourth-order valence-corrected chi connectivity index (χ4v) is 1.67. The Morgan fingerprint density at radius 3 is 2.68 bits per heavy atom. The third-order valence-electron chi connectivity index (χ3n) is 1.96. The third-order valence-corrected chi connectivity index (χ3v) is 3.05. The van der Waals surface area contributed by atoms with Gasteiger partial charge < -0.3 is 5.32 Å². The van der Waals surface area contributed by atoms with E-state index >= 15 is 0 Å². The monoisotopic (exact) mass is 295 g/mol. The summed E-state index contributed by atoms with van der Waals surface area (Å²) in [6.07, 6.45) is 0. The first-order valence-electron chi connectivity index (χ1n) is 5.23. The molecule has 0 spiro atoms. The molecule has 0 saturated heterocycles. The zero-order valence-electron chi connectivity index (χ0n) is 9.95. The first kappa shape index (κ1) is 15.4. The Morgan fingerprint density at radius 2 is 2.11 bits per heavy atom. The number of rotatable bonds is 4. The molecular weight excluding hydrogens is 283 g/mol. The van der Waals surface area contributed by atoms with Crippen LogP contribution in [0.5, 0.6) is 0 Å². The molecule has 0 saturated carbocycles. The van der Waals surface area contributed by atoms with E-state index < -0.39 is 28.1 Å². The average Bonchev–Trinajstić information content (AvgIpc) is 2.27. The minimum absolute atomic E-state index is 0.287. The Balaban J connectivity index is 2.35. The van der Waals surface area contributed by atoms with Crippen LogP contribution in [0.15, 0.2) is 18.2 Å². The molecule has 0 aliphatic carbocycles. The van der Waals surface area contributed by atoms with Crippen LogP contribution < -0.4 is 10.6 Å². The van der Waals surface area contributed by atoms with Crippen LogP contribution in [0.3, 0.4) is 0 Å². The van der Waals surface area contributed by atoms with E-state index in [2.05, 4.69) is 15.6 Å². The number of amides is 2. The molecule has 1 atom stereocenters. The summed E-state index contributed by atoms with van der Waals surface area (Å²) in [5.41, 5.74) is -4.06. The van der Waals surface area contributed by atoms with Gasteiger partial charge in [0.1, 0.15) is 16.6 Å². The highest BCUT2D eigenvalue weighted by molar-refractivity contribution is 7.85. The van der Waals surface area contributed by atoms with E-state index in [1.165, 1.54) is 0 Å². The first-order valence-corrected chi connectivity index (χ1v) is 6.54. The lowest BCUT2D eigenvalue weighted by Crippen LogP contribution is -2.34. The maximum atomic E-state index is 11.9. The number of nitrogens with zero attached hydrogens (tertiary/aromatic N) is 1. The zero-order chi connectivity index (χ0) is 14.5. The van der Waals surface area contributed by atoms with Gasteiger partial charge in [0.15, 0.2) is 0 Å². The van der Waals surface area contributed by atoms with Gasteiger partial charge in [0.05, 0.1) is 0 Å². The number of aryl methyl sites for hydroxylation is 1. The van der Waals surface area contributed by atoms with Crippen molar-refractivity contribution in [2.75, 3.05) is 17.6 Å². The minimum Gasteiger partial charge on any atom is -0.337 e. The fourth-order valence-electron chi connectivity index (χ4n) is 1.15. The van der Waals surface area contributed by atoms with Crippen molar-refractivity contribution >= 4 is 22.6 Å². The molecule has 19 heavy (non-hydrogen) atoms. The van der Waals surface area contributed by atoms with Crippen LogP contribution in [0.2, 0.25) is 0 Å². The van der Waals surface area contributed by atoms with Gasteiger partial charge in [0.2, 0.25) is 0 Å². The quantitative estimate of drug-likeness (QED) is 0.889. The molecule has 0 bridgehead atoms. The van der Waals surface area contributed by atoms with Crippen LogP contribution in [0.4, 0.5) is 23.8 Å². The molecule has 1 aromatic heterocycles. The molecule has 2 amide bonds. The highest BCUT2D eigenvalue weighted by Gasteiger charge is 2.36. The van der Waals surface area contributed by atoms with Crippen LogP contribution in [-0.2, 0) is 10.8 Å². The van der Waals surface area contributed by atoms with Crippen LogP contribution in [0, 0.1) is 6.92 Å².